The third-order valence-electron chi connectivity index (χ3n) is 6.68. The van der Waals surface area contributed by atoms with Gasteiger partial charge in [0.1, 0.15) is 11.5 Å². The van der Waals surface area contributed by atoms with Gasteiger partial charge in [0.25, 0.3) is 0 Å². The van der Waals surface area contributed by atoms with E-state index in [-0.39, 0.29) is 11.5 Å². The number of phosphoric acid groups is 2. The quantitative estimate of drug-likeness (QED) is 0.105. The molecule has 0 aliphatic carbocycles. The second-order valence-electron chi connectivity index (χ2n) is 10.2. The minimum absolute atomic E-state index is 0.161. The number of phosphoric ester groups is 2. The van der Waals surface area contributed by atoms with E-state index in [9.17, 15) is 18.9 Å². The molecule has 220 valence electrons. The molecule has 9 heteroatoms. The van der Waals surface area contributed by atoms with Crippen molar-refractivity contribution in [2.75, 3.05) is 0 Å². The average Bonchev–Trinajstić information content (AvgIpc) is 2.88. The Balaban J connectivity index is 1.90. The van der Waals surface area contributed by atoms with Crippen molar-refractivity contribution < 1.29 is 32.3 Å². The summed E-state index contributed by atoms with van der Waals surface area (Å²) in [6.45, 7) is 4.39. The predicted octanol–water partition coefficient (Wildman–Crippen LogP) is 9.95. The molecule has 0 bridgehead atoms. The summed E-state index contributed by atoms with van der Waals surface area (Å²) in [5.41, 5.74) is 1.50. The van der Waals surface area contributed by atoms with Crippen molar-refractivity contribution in [2.24, 2.45) is 0 Å². The number of rotatable bonds is 22. The van der Waals surface area contributed by atoms with E-state index in [0.717, 1.165) is 49.7 Å². The lowest BCUT2D eigenvalue weighted by molar-refractivity contribution is 0.233. The zero-order valence-electron chi connectivity index (χ0n) is 23.8. The van der Waals surface area contributed by atoms with Crippen molar-refractivity contribution >= 4 is 15.6 Å². The molecule has 0 aliphatic heterocycles. The fourth-order valence-electron chi connectivity index (χ4n) is 4.56. The van der Waals surface area contributed by atoms with Crippen molar-refractivity contribution in [3.63, 3.8) is 0 Å². The van der Waals surface area contributed by atoms with Crippen molar-refractivity contribution in [1.29, 1.82) is 0 Å². The maximum absolute atomic E-state index is 12.7. The summed E-state index contributed by atoms with van der Waals surface area (Å²) in [6, 6.07) is 13.8. The summed E-state index contributed by atoms with van der Waals surface area (Å²) in [4.78, 5) is 20.7. The standard InChI is InChI=1S/C30H48O7P2/c1-3-5-7-9-11-13-15-21-27-23-17-19-25-29(27)35-38(31,32)37-39(33,34)36-30-26-20-18-24-28(30)22-16-14-12-10-8-6-4-2/h17-20,23-26H,3-16,21-22H2,1-2H3,(H,31,32)(H,33,34). The lowest BCUT2D eigenvalue weighted by Crippen LogP contribution is -2.03. The van der Waals surface area contributed by atoms with Crippen molar-refractivity contribution in [3.8, 4) is 11.5 Å². The Morgan fingerprint density at radius 1 is 0.538 bits per heavy atom. The Labute approximate surface area is 235 Å². The third-order valence-corrected chi connectivity index (χ3v) is 9.18. The van der Waals surface area contributed by atoms with E-state index >= 15 is 0 Å². The van der Waals surface area contributed by atoms with Crippen LogP contribution in [0.15, 0.2) is 48.5 Å². The molecule has 2 unspecified atom stereocenters. The molecule has 0 amide bonds. The smallest absolute Gasteiger partial charge is 0.404 e. The van der Waals surface area contributed by atoms with Crippen molar-refractivity contribution in [2.45, 2.75) is 117 Å². The first-order valence-corrected chi connectivity index (χ1v) is 17.7. The lowest BCUT2D eigenvalue weighted by atomic mass is 10.0. The first-order chi connectivity index (χ1) is 18.8. The highest BCUT2D eigenvalue weighted by Gasteiger charge is 2.38. The van der Waals surface area contributed by atoms with Gasteiger partial charge in [0.05, 0.1) is 0 Å². The molecule has 0 heterocycles. The van der Waals surface area contributed by atoms with Gasteiger partial charge in [-0.2, -0.15) is 4.31 Å². The molecule has 7 nitrogen and oxygen atoms in total. The topological polar surface area (TPSA) is 102 Å². The zero-order chi connectivity index (χ0) is 28.4. The van der Waals surface area contributed by atoms with Gasteiger partial charge in [-0.15, -0.1) is 0 Å². The fraction of sp³-hybridized carbons (Fsp3) is 0.600. The van der Waals surface area contributed by atoms with Gasteiger partial charge in [0.2, 0.25) is 0 Å². The van der Waals surface area contributed by atoms with Crippen molar-refractivity contribution in [1.82, 2.24) is 0 Å². The van der Waals surface area contributed by atoms with Crippen LogP contribution in [0, 0.1) is 0 Å². The molecule has 2 rings (SSSR count). The first-order valence-electron chi connectivity index (χ1n) is 14.7. The number of hydrogen-bond donors (Lipinski definition) is 2. The van der Waals surface area contributed by atoms with Crippen LogP contribution in [-0.4, -0.2) is 9.79 Å². The normalized spacial score (nSPS) is 14.5. The Kier molecular flexibility index (Phi) is 16.1. The minimum atomic E-state index is -4.95. The molecule has 2 atom stereocenters. The van der Waals surface area contributed by atoms with Crippen LogP contribution in [0.3, 0.4) is 0 Å². The second kappa shape index (κ2) is 18.7. The number of unbranched alkanes of at least 4 members (excludes halogenated alkanes) is 12. The second-order valence-corrected chi connectivity index (χ2v) is 13.1. The molecule has 0 aliphatic rings. The van der Waals surface area contributed by atoms with Gasteiger partial charge in [-0.25, -0.2) is 9.13 Å². The fourth-order valence-corrected chi connectivity index (χ4v) is 6.72. The minimum Gasteiger partial charge on any atom is -0.404 e. The van der Waals surface area contributed by atoms with E-state index in [2.05, 4.69) is 18.2 Å². The molecule has 0 radical (unpaired) electrons. The Bertz CT molecular complexity index is 962. The van der Waals surface area contributed by atoms with Crippen LogP contribution in [0.2, 0.25) is 0 Å². The van der Waals surface area contributed by atoms with Crippen LogP contribution >= 0.6 is 15.6 Å². The molecular formula is C30H48O7P2. The zero-order valence-corrected chi connectivity index (χ0v) is 25.6. The van der Waals surface area contributed by atoms with Gasteiger partial charge in [-0.3, -0.25) is 9.79 Å². The lowest BCUT2D eigenvalue weighted by Gasteiger charge is -2.19. The largest absolute Gasteiger partial charge is 0.537 e. The molecule has 0 spiro atoms. The van der Waals surface area contributed by atoms with E-state index in [1.54, 1.807) is 24.3 Å². The van der Waals surface area contributed by atoms with E-state index in [1.807, 2.05) is 24.3 Å². The molecule has 0 aromatic heterocycles. The Morgan fingerprint density at radius 2 is 0.872 bits per heavy atom. The summed E-state index contributed by atoms with van der Waals surface area (Å²) >= 11 is 0. The highest BCUT2D eigenvalue weighted by atomic mass is 31.3. The molecular weight excluding hydrogens is 534 g/mol. The molecule has 2 aromatic carbocycles. The van der Waals surface area contributed by atoms with Crippen molar-refractivity contribution in [3.05, 3.63) is 59.7 Å². The van der Waals surface area contributed by atoms with Gasteiger partial charge in [-0.05, 0) is 48.9 Å². The van der Waals surface area contributed by atoms with Gasteiger partial charge in [0, 0.05) is 0 Å². The Hall–Kier alpha value is -1.62. The SMILES string of the molecule is CCCCCCCCCc1ccccc1OP(=O)(O)OP(=O)(O)Oc1ccccc1CCCCCCCCC. The van der Waals surface area contributed by atoms with E-state index in [0.29, 0.717) is 12.8 Å². The van der Waals surface area contributed by atoms with Gasteiger partial charge < -0.3 is 9.05 Å². The van der Waals surface area contributed by atoms with Crippen LogP contribution in [0.5, 0.6) is 11.5 Å². The predicted molar refractivity (Wildman–Crippen MR) is 158 cm³/mol. The Morgan fingerprint density at radius 3 is 1.26 bits per heavy atom. The highest BCUT2D eigenvalue weighted by molar-refractivity contribution is 7.61. The molecule has 0 saturated carbocycles. The average molecular weight is 583 g/mol. The number of para-hydroxylation sites is 2. The third kappa shape index (κ3) is 14.5. The first kappa shape index (κ1) is 33.6. The monoisotopic (exact) mass is 582 g/mol. The van der Waals surface area contributed by atoms with Crippen LogP contribution in [0.4, 0.5) is 0 Å². The summed E-state index contributed by atoms with van der Waals surface area (Å²) in [5, 5.41) is 0. The van der Waals surface area contributed by atoms with Gasteiger partial charge in [-0.1, -0.05) is 127 Å². The molecule has 0 saturated heterocycles. The van der Waals surface area contributed by atoms with Crippen LogP contribution in [0.25, 0.3) is 0 Å². The number of hydrogen-bond acceptors (Lipinski definition) is 5. The maximum Gasteiger partial charge on any atom is 0.537 e. The summed E-state index contributed by atoms with van der Waals surface area (Å²) in [5.74, 6) is 0.322. The highest BCUT2D eigenvalue weighted by Crippen LogP contribution is 2.60. The maximum atomic E-state index is 12.7. The molecule has 2 N–H and O–H groups in total. The van der Waals surface area contributed by atoms with Crippen LogP contribution in [-0.2, 0) is 26.3 Å². The molecule has 0 fully saturated rings. The molecule has 39 heavy (non-hydrogen) atoms. The van der Waals surface area contributed by atoms with Crippen LogP contribution < -0.4 is 9.05 Å². The number of benzene rings is 2. The summed E-state index contributed by atoms with van der Waals surface area (Å²) in [6.07, 6.45) is 17.4. The van der Waals surface area contributed by atoms with E-state index in [1.165, 1.54) is 51.4 Å². The van der Waals surface area contributed by atoms with Gasteiger partial charge >= 0.3 is 15.6 Å². The van der Waals surface area contributed by atoms with E-state index in [4.69, 9.17) is 9.05 Å². The molecule has 2 aromatic rings. The van der Waals surface area contributed by atoms with E-state index < -0.39 is 15.6 Å². The van der Waals surface area contributed by atoms with Crippen LogP contribution in [0.1, 0.15) is 115 Å². The number of aryl methyl sites for hydroxylation is 2. The van der Waals surface area contributed by atoms with Gasteiger partial charge in [0.15, 0.2) is 0 Å². The summed E-state index contributed by atoms with van der Waals surface area (Å²) in [7, 11) is -9.90. The summed E-state index contributed by atoms with van der Waals surface area (Å²) < 4.78 is 40.6.